The molecule has 0 bridgehead atoms. The number of hydrogen-bond donors (Lipinski definition) is 2. The SMILES string of the molecule is CC(C)(C)Nc1nc2c3ccc(F)cc3c3c(=O)[nH]ccc3c2s1. The van der Waals surface area contributed by atoms with Crippen molar-refractivity contribution in [1.82, 2.24) is 9.97 Å². The van der Waals surface area contributed by atoms with Crippen LogP contribution in [0.25, 0.3) is 31.8 Å². The number of rotatable bonds is 1. The van der Waals surface area contributed by atoms with Crippen LogP contribution < -0.4 is 10.9 Å². The Kier molecular flexibility index (Phi) is 3.15. The Labute approximate surface area is 141 Å². The Bertz CT molecular complexity index is 1150. The van der Waals surface area contributed by atoms with Gasteiger partial charge in [0.15, 0.2) is 5.13 Å². The second-order valence-corrected chi connectivity index (χ2v) is 7.86. The van der Waals surface area contributed by atoms with Gasteiger partial charge in [-0.3, -0.25) is 4.79 Å². The zero-order valence-corrected chi connectivity index (χ0v) is 14.3. The lowest BCUT2D eigenvalue weighted by Gasteiger charge is -2.19. The number of benzene rings is 2. The van der Waals surface area contributed by atoms with Gasteiger partial charge in [-0.1, -0.05) is 11.3 Å². The van der Waals surface area contributed by atoms with Crippen molar-refractivity contribution in [3.8, 4) is 0 Å². The van der Waals surface area contributed by atoms with Crippen molar-refractivity contribution in [2.45, 2.75) is 26.3 Å². The standard InChI is InChI=1S/C18H16FN3OS/c1-18(2,3)22-17-21-14-10-5-4-9(19)8-12(10)13-11(15(14)24-17)6-7-20-16(13)23/h4-8H,1-3H3,(H,20,23)(H,21,22). The molecule has 0 aliphatic rings. The second kappa shape index (κ2) is 5.01. The van der Waals surface area contributed by atoms with E-state index in [-0.39, 0.29) is 16.9 Å². The largest absolute Gasteiger partial charge is 0.357 e. The van der Waals surface area contributed by atoms with Crippen LogP contribution in [0.2, 0.25) is 0 Å². The number of fused-ring (bicyclic) bond motifs is 6. The van der Waals surface area contributed by atoms with Gasteiger partial charge >= 0.3 is 0 Å². The minimum Gasteiger partial charge on any atom is -0.357 e. The second-order valence-electron chi connectivity index (χ2n) is 6.86. The molecule has 24 heavy (non-hydrogen) atoms. The predicted octanol–water partition coefficient (Wildman–Crippen LogP) is 4.64. The number of thiazole rings is 1. The normalized spacial score (nSPS) is 12.3. The van der Waals surface area contributed by atoms with E-state index in [1.54, 1.807) is 12.3 Å². The number of pyridine rings is 1. The first-order valence-electron chi connectivity index (χ1n) is 7.65. The van der Waals surface area contributed by atoms with Gasteiger partial charge in [-0.25, -0.2) is 9.37 Å². The van der Waals surface area contributed by atoms with E-state index in [0.717, 1.165) is 26.1 Å². The molecule has 0 spiro atoms. The van der Waals surface area contributed by atoms with Crippen LogP contribution in [0.4, 0.5) is 9.52 Å². The van der Waals surface area contributed by atoms with E-state index in [2.05, 4.69) is 31.1 Å². The lowest BCUT2D eigenvalue weighted by atomic mass is 10.0. The Hall–Kier alpha value is -2.47. The summed E-state index contributed by atoms with van der Waals surface area (Å²) in [5, 5.41) is 6.84. The van der Waals surface area contributed by atoms with Crippen LogP contribution in [-0.4, -0.2) is 15.5 Å². The van der Waals surface area contributed by atoms with Crippen molar-refractivity contribution in [3.05, 3.63) is 46.6 Å². The highest BCUT2D eigenvalue weighted by molar-refractivity contribution is 7.23. The van der Waals surface area contributed by atoms with E-state index in [0.29, 0.717) is 10.8 Å². The average molecular weight is 341 g/mol. The van der Waals surface area contributed by atoms with Crippen molar-refractivity contribution in [2.24, 2.45) is 0 Å². The summed E-state index contributed by atoms with van der Waals surface area (Å²) in [5.41, 5.74) is 0.451. The van der Waals surface area contributed by atoms with Crippen LogP contribution in [0, 0.1) is 5.82 Å². The third-order valence-corrected chi connectivity index (χ3v) is 4.82. The molecule has 4 nitrogen and oxygen atoms in total. The molecule has 6 heteroatoms. The molecule has 0 saturated heterocycles. The number of aromatic nitrogens is 2. The molecular weight excluding hydrogens is 325 g/mol. The van der Waals surface area contributed by atoms with Crippen molar-refractivity contribution >= 4 is 48.2 Å². The predicted molar refractivity (Wildman–Crippen MR) is 98.6 cm³/mol. The molecule has 0 amide bonds. The Morgan fingerprint density at radius 1 is 1.17 bits per heavy atom. The van der Waals surface area contributed by atoms with E-state index in [1.165, 1.54) is 23.5 Å². The van der Waals surface area contributed by atoms with Gasteiger partial charge in [0, 0.05) is 27.9 Å². The van der Waals surface area contributed by atoms with Crippen LogP contribution in [-0.2, 0) is 0 Å². The molecule has 122 valence electrons. The van der Waals surface area contributed by atoms with Crippen molar-refractivity contribution in [1.29, 1.82) is 0 Å². The van der Waals surface area contributed by atoms with Crippen molar-refractivity contribution < 1.29 is 4.39 Å². The van der Waals surface area contributed by atoms with Gasteiger partial charge in [-0.05, 0) is 45.0 Å². The number of aromatic amines is 1. The summed E-state index contributed by atoms with van der Waals surface area (Å²) < 4.78 is 14.7. The lowest BCUT2D eigenvalue weighted by Crippen LogP contribution is -2.25. The summed E-state index contributed by atoms with van der Waals surface area (Å²) in [5.74, 6) is -0.366. The molecule has 0 saturated carbocycles. The van der Waals surface area contributed by atoms with E-state index in [9.17, 15) is 9.18 Å². The van der Waals surface area contributed by atoms with Crippen molar-refractivity contribution in [2.75, 3.05) is 5.32 Å². The summed E-state index contributed by atoms with van der Waals surface area (Å²) in [6.45, 7) is 6.19. The zero-order chi connectivity index (χ0) is 17.1. The number of hydrogen-bond acceptors (Lipinski definition) is 4. The molecule has 4 rings (SSSR count). The molecule has 2 heterocycles. The van der Waals surface area contributed by atoms with Gasteiger partial charge in [-0.15, -0.1) is 0 Å². The highest BCUT2D eigenvalue weighted by atomic mass is 32.1. The molecule has 0 aliphatic carbocycles. The van der Waals surface area contributed by atoms with Crippen LogP contribution in [0.3, 0.4) is 0 Å². The van der Waals surface area contributed by atoms with Crippen LogP contribution in [0.15, 0.2) is 35.3 Å². The summed E-state index contributed by atoms with van der Waals surface area (Å²) in [4.78, 5) is 19.8. The molecule has 0 atom stereocenters. The fourth-order valence-corrected chi connectivity index (χ4v) is 4.14. The van der Waals surface area contributed by atoms with Crippen LogP contribution in [0.5, 0.6) is 0 Å². The molecule has 2 N–H and O–H groups in total. The monoisotopic (exact) mass is 341 g/mol. The van der Waals surface area contributed by atoms with Gasteiger partial charge in [0.1, 0.15) is 5.82 Å². The van der Waals surface area contributed by atoms with Crippen LogP contribution in [0.1, 0.15) is 20.8 Å². The highest BCUT2D eigenvalue weighted by Gasteiger charge is 2.18. The maximum atomic E-state index is 13.8. The maximum Gasteiger partial charge on any atom is 0.256 e. The third-order valence-electron chi connectivity index (χ3n) is 3.82. The minimum absolute atomic E-state index is 0.122. The number of nitrogens with one attached hydrogen (secondary N) is 2. The van der Waals surface area contributed by atoms with Crippen molar-refractivity contribution in [3.63, 3.8) is 0 Å². The highest BCUT2D eigenvalue weighted by Crippen LogP contribution is 2.38. The number of anilines is 1. The fourth-order valence-electron chi connectivity index (χ4n) is 2.92. The summed E-state index contributed by atoms with van der Waals surface area (Å²) in [6.07, 6.45) is 1.62. The summed E-state index contributed by atoms with van der Waals surface area (Å²) in [7, 11) is 0. The first kappa shape index (κ1) is 15.1. The maximum absolute atomic E-state index is 13.8. The van der Waals surface area contributed by atoms with Gasteiger partial charge < -0.3 is 10.3 Å². The minimum atomic E-state index is -0.366. The lowest BCUT2D eigenvalue weighted by molar-refractivity contribution is 0.630. The van der Waals surface area contributed by atoms with E-state index < -0.39 is 0 Å². The molecular formula is C18H16FN3OS. The van der Waals surface area contributed by atoms with E-state index >= 15 is 0 Å². The molecule has 0 fully saturated rings. The van der Waals surface area contributed by atoms with Gasteiger partial charge in [0.2, 0.25) is 0 Å². The molecule has 0 aliphatic heterocycles. The Balaban J connectivity index is 2.20. The number of halogens is 1. The topological polar surface area (TPSA) is 57.8 Å². The summed E-state index contributed by atoms with van der Waals surface area (Å²) >= 11 is 1.51. The van der Waals surface area contributed by atoms with E-state index in [1.807, 2.05) is 6.07 Å². The first-order chi connectivity index (χ1) is 11.3. The number of H-pyrrole nitrogens is 1. The fraction of sp³-hybridized carbons (Fsp3) is 0.222. The van der Waals surface area contributed by atoms with E-state index in [4.69, 9.17) is 4.98 Å². The van der Waals surface area contributed by atoms with Crippen LogP contribution >= 0.6 is 11.3 Å². The molecule has 0 radical (unpaired) electrons. The number of nitrogens with zero attached hydrogens (tertiary/aromatic N) is 1. The van der Waals surface area contributed by atoms with Gasteiger partial charge in [0.05, 0.1) is 15.6 Å². The molecule has 2 aromatic carbocycles. The average Bonchev–Trinajstić information content (AvgIpc) is 2.88. The third kappa shape index (κ3) is 2.34. The van der Waals surface area contributed by atoms with Gasteiger partial charge in [-0.2, -0.15) is 0 Å². The smallest absolute Gasteiger partial charge is 0.256 e. The summed E-state index contributed by atoms with van der Waals surface area (Å²) in [6, 6.07) is 6.35. The molecule has 4 aromatic rings. The first-order valence-corrected chi connectivity index (χ1v) is 8.46. The van der Waals surface area contributed by atoms with Gasteiger partial charge in [0.25, 0.3) is 5.56 Å². The Morgan fingerprint density at radius 2 is 1.96 bits per heavy atom. The zero-order valence-electron chi connectivity index (χ0n) is 13.5. The Morgan fingerprint density at radius 3 is 2.71 bits per heavy atom. The molecule has 2 aromatic heterocycles. The quantitative estimate of drug-likeness (QED) is 0.496. The molecule has 0 unspecified atom stereocenters.